The molecule has 0 bridgehead atoms. The molecule has 0 aliphatic carbocycles. The van der Waals surface area contributed by atoms with E-state index in [1.807, 2.05) is 50.3 Å². The Hall–Kier alpha value is -2.54. The van der Waals surface area contributed by atoms with Crippen LogP contribution in [0.5, 0.6) is 0 Å². The summed E-state index contributed by atoms with van der Waals surface area (Å²) in [5.74, 6) is -0.0586. The van der Waals surface area contributed by atoms with Crippen LogP contribution in [0.15, 0.2) is 35.7 Å². The van der Waals surface area contributed by atoms with Crippen LogP contribution in [0.1, 0.15) is 44.1 Å². The van der Waals surface area contributed by atoms with E-state index in [1.165, 1.54) is 10.4 Å². The molecule has 2 N–H and O–H groups in total. The zero-order chi connectivity index (χ0) is 20.9. The van der Waals surface area contributed by atoms with Gasteiger partial charge in [-0.1, -0.05) is 12.1 Å². The number of hydrogen-bond acceptors (Lipinski definition) is 5. The van der Waals surface area contributed by atoms with Crippen molar-refractivity contribution in [3.63, 3.8) is 0 Å². The number of thiophene rings is 1. The fraction of sp³-hybridized carbons (Fsp3) is 0.455. The molecule has 29 heavy (non-hydrogen) atoms. The predicted octanol–water partition coefficient (Wildman–Crippen LogP) is 4.55. The first kappa shape index (κ1) is 21.2. The number of nitrogens with zero attached hydrogens (tertiary/aromatic N) is 1. The summed E-state index contributed by atoms with van der Waals surface area (Å²) in [5.41, 5.74) is 2.72. The van der Waals surface area contributed by atoms with E-state index in [9.17, 15) is 9.59 Å². The lowest BCUT2D eigenvalue weighted by molar-refractivity contribution is -0.116. The number of rotatable bonds is 6. The van der Waals surface area contributed by atoms with Gasteiger partial charge in [0.25, 0.3) is 0 Å². The van der Waals surface area contributed by atoms with E-state index < -0.39 is 11.7 Å². The number of hydrogen-bond donors (Lipinski definition) is 2. The van der Waals surface area contributed by atoms with Gasteiger partial charge in [0.15, 0.2) is 0 Å². The van der Waals surface area contributed by atoms with Crippen molar-refractivity contribution in [1.29, 1.82) is 0 Å². The molecule has 1 aliphatic rings. The molecule has 0 saturated heterocycles. The minimum absolute atomic E-state index is 0.0586. The van der Waals surface area contributed by atoms with E-state index in [0.29, 0.717) is 19.4 Å². The summed E-state index contributed by atoms with van der Waals surface area (Å²) in [4.78, 5) is 27.8. The molecule has 6 nitrogen and oxygen atoms in total. The van der Waals surface area contributed by atoms with Crippen molar-refractivity contribution in [3.8, 4) is 0 Å². The molecule has 7 heteroatoms. The average molecular weight is 416 g/mol. The van der Waals surface area contributed by atoms with Crippen LogP contribution < -0.4 is 15.5 Å². The van der Waals surface area contributed by atoms with E-state index in [-0.39, 0.29) is 5.91 Å². The van der Waals surface area contributed by atoms with Gasteiger partial charge in [-0.25, -0.2) is 4.79 Å². The molecule has 0 spiro atoms. The minimum Gasteiger partial charge on any atom is -0.444 e. The highest BCUT2D eigenvalue weighted by atomic mass is 32.1. The van der Waals surface area contributed by atoms with Crippen LogP contribution in [0, 0.1) is 0 Å². The highest BCUT2D eigenvalue weighted by Crippen LogP contribution is 2.32. The average Bonchev–Trinajstić information content (AvgIpc) is 3.12. The van der Waals surface area contributed by atoms with Crippen molar-refractivity contribution in [2.45, 2.75) is 52.2 Å². The highest BCUT2D eigenvalue weighted by molar-refractivity contribution is 7.10. The van der Waals surface area contributed by atoms with Crippen LogP contribution in [0.25, 0.3) is 0 Å². The molecule has 2 aromatic rings. The van der Waals surface area contributed by atoms with Gasteiger partial charge in [-0.2, -0.15) is 0 Å². The standard InChI is InChI=1S/C22H29N3O3S/c1-22(2,3)28-21(27)23-12-6-9-20(26)24-17-7-4-5-8-18(17)25-13-10-19-16(15-25)11-14-29-19/h4-5,7-8,11,14H,6,9-10,12-13,15H2,1-3H3,(H,23,27)(H,24,26). The lowest BCUT2D eigenvalue weighted by atomic mass is 10.1. The van der Waals surface area contributed by atoms with Gasteiger partial charge < -0.3 is 20.3 Å². The fourth-order valence-electron chi connectivity index (χ4n) is 3.28. The van der Waals surface area contributed by atoms with Gasteiger partial charge in [-0.05, 0) is 62.8 Å². The molecule has 156 valence electrons. The van der Waals surface area contributed by atoms with Gasteiger partial charge >= 0.3 is 6.09 Å². The van der Waals surface area contributed by atoms with E-state index in [2.05, 4.69) is 33.0 Å². The summed E-state index contributed by atoms with van der Waals surface area (Å²) in [7, 11) is 0. The van der Waals surface area contributed by atoms with Gasteiger partial charge in [0, 0.05) is 30.9 Å². The number of alkyl carbamates (subject to hydrolysis) is 1. The van der Waals surface area contributed by atoms with Gasteiger partial charge in [0.2, 0.25) is 5.91 Å². The van der Waals surface area contributed by atoms with Gasteiger partial charge in [-0.3, -0.25) is 4.79 Å². The molecule has 1 aromatic carbocycles. The molecule has 2 heterocycles. The number of para-hydroxylation sites is 2. The smallest absolute Gasteiger partial charge is 0.407 e. The van der Waals surface area contributed by atoms with Crippen molar-refractivity contribution in [1.82, 2.24) is 5.32 Å². The van der Waals surface area contributed by atoms with E-state index in [4.69, 9.17) is 4.74 Å². The summed E-state index contributed by atoms with van der Waals surface area (Å²) < 4.78 is 5.19. The Morgan fingerprint density at radius 2 is 2.00 bits per heavy atom. The third kappa shape index (κ3) is 6.22. The molecular weight excluding hydrogens is 386 g/mol. The zero-order valence-corrected chi connectivity index (χ0v) is 18.1. The largest absolute Gasteiger partial charge is 0.444 e. The van der Waals surface area contributed by atoms with Crippen molar-refractivity contribution >= 4 is 34.7 Å². The Kier molecular flexibility index (Phi) is 6.79. The predicted molar refractivity (Wildman–Crippen MR) is 118 cm³/mol. The quantitative estimate of drug-likeness (QED) is 0.679. The first-order valence-corrected chi connectivity index (χ1v) is 10.9. The molecule has 1 aromatic heterocycles. The van der Waals surface area contributed by atoms with Crippen molar-refractivity contribution in [3.05, 3.63) is 46.2 Å². The van der Waals surface area contributed by atoms with Crippen LogP contribution in [-0.4, -0.2) is 30.7 Å². The fourth-order valence-corrected chi connectivity index (χ4v) is 4.17. The van der Waals surface area contributed by atoms with Gasteiger partial charge in [0.05, 0.1) is 11.4 Å². The Balaban J connectivity index is 1.49. The van der Waals surface area contributed by atoms with Crippen LogP contribution in [0.4, 0.5) is 16.2 Å². The number of ether oxygens (including phenoxy) is 1. The summed E-state index contributed by atoms with van der Waals surface area (Å²) in [5, 5.41) is 7.86. The second-order valence-electron chi connectivity index (χ2n) is 8.14. The molecule has 1 aliphatic heterocycles. The second kappa shape index (κ2) is 9.31. The molecule has 0 atom stereocenters. The van der Waals surface area contributed by atoms with Crippen molar-refractivity contribution in [2.75, 3.05) is 23.3 Å². The van der Waals surface area contributed by atoms with E-state index >= 15 is 0 Å². The van der Waals surface area contributed by atoms with E-state index in [0.717, 1.165) is 30.9 Å². The van der Waals surface area contributed by atoms with Gasteiger partial charge in [0.1, 0.15) is 5.60 Å². The number of benzene rings is 1. The Morgan fingerprint density at radius 3 is 2.79 bits per heavy atom. The Bertz CT molecular complexity index is 857. The van der Waals surface area contributed by atoms with Crippen molar-refractivity contribution in [2.24, 2.45) is 0 Å². The zero-order valence-electron chi connectivity index (χ0n) is 17.3. The van der Waals surface area contributed by atoms with Crippen LogP contribution >= 0.6 is 11.3 Å². The molecule has 2 amide bonds. The maximum absolute atomic E-state index is 12.4. The Labute approximate surface area is 176 Å². The molecule has 0 fully saturated rings. The molecule has 3 rings (SSSR count). The minimum atomic E-state index is -0.524. The van der Waals surface area contributed by atoms with Gasteiger partial charge in [-0.15, -0.1) is 11.3 Å². The first-order valence-electron chi connectivity index (χ1n) is 9.98. The van der Waals surface area contributed by atoms with Crippen molar-refractivity contribution < 1.29 is 14.3 Å². The maximum Gasteiger partial charge on any atom is 0.407 e. The lowest BCUT2D eigenvalue weighted by Crippen LogP contribution is -2.33. The summed E-state index contributed by atoms with van der Waals surface area (Å²) in [6, 6.07) is 10.1. The molecule has 0 radical (unpaired) electrons. The monoisotopic (exact) mass is 415 g/mol. The lowest BCUT2D eigenvalue weighted by Gasteiger charge is -2.30. The van der Waals surface area contributed by atoms with Crippen LogP contribution in [0.3, 0.4) is 0 Å². The second-order valence-corrected chi connectivity index (χ2v) is 9.14. The Morgan fingerprint density at radius 1 is 1.21 bits per heavy atom. The summed E-state index contributed by atoms with van der Waals surface area (Å²) >= 11 is 1.82. The molecule has 0 saturated carbocycles. The number of amides is 2. The van der Waals surface area contributed by atoms with Crippen LogP contribution in [0.2, 0.25) is 0 Å². The highest BCUT2D eigenvalue weighted by Gasteiger charge is 2.20. The first-order chi connectivity index (χ1) is 13.8. The number of carbonyl (C=O) groups excluding carboxylic acids is 2. The topological polar surface area (TPSA) is 70.7 Å². The van der Waals surface area contributed by atoms with Crippen LogP contribution in [-0.2, 0) is 22.5 Å². The number of carbonyl (C=O) groups is 2. The summed E-state index contributed by atoms with van der Waals surface area (Å²) in [6.07, 6.45) is 1.46. The third-order valence-electron chi connectivity index (χ3n) is 4.58. The molecular formula is C22H29N3O3S. The SMILES string of the molecule is CC(C)(C)OC(=O)NCCCC(=O)Nc1ccccc1N1CCc2sccc2C1. The molecule has 0 unspecified atom stereocenters. The van der Waals surface area contributed by atoms with E-state index in [1.54, 1.807) is 0 Å². The normalized spacial score (nSPS) is 13.6. The summed E-state index contributed by atoms with van der Waals surface area (Å²) in [6.45, 7) is 7.67. The maximum atomic E-state index is 12.4. The number of fused-ring (bicyclic) bond motifs is 1. The number of nitrogens with one attached hydrogen (secondary N) is 2. The number of anilines is 2. The third-order valence-corrected chi connectivity index (χ3v) is 5.60.